The quantitative estimate of drug-likeness (QED) is 0.681. The van der Waals surface area contributed by atoms with E-state index in [0.717, 1.165) is 0 Å². The first-order valence-electron chi connectivity index (χ1n) is 5.27. The minimum absolute atomic E-state index is 0.575. The van der Waals surface area contributed by atoms with Gasteiger partial charge in [-0.3, -0.25) is 4.90 Å². The molecule has 70 valence electrons. The SMILES string of the molecule is CNCC1(N2CCCC2)CCC1. The van der Waals surface area contributed by atoms with Crippen molar-refractivity contribution in [1.29, 1.82) is 0 Å². The van der Waals surface area contributed by atoms with Gasteiger partial charge in [0.05, 0.1) is 0 Å². The lowest BCUT2D eigenvalue weighted by molar-refractivity contribution is 0.0379. The lowest BCUT2D eigenvalue weighted by Crippen LogP contribution is -2.57. The van der Waals surface area contributed by atoms with Gasteiger partial charge in [-0.1, -0.05) is 0 Å². The third-order valence-electron chi connectivity index (χ3n) is 3.57. The van der Waals surface area contributed by atoms with Crippen molar-refractivity contribution in [3.8, 4) is 0 Å². The molecule has 0 aromatic carbocycles. The van der Waals surface area contributed by atoms with Crippen LogP contribution in [0.1, 0.15) is 32.1 Å². The molecule has 1 saturated carbocycles. The fourth-order valence-electron chi connectivity index (χ4n) is 2.71. The van der Waals surface area contributed by atoms with Crippen LogP contribution in [0.3, 0.4) is 0 Å². The molecule has 0 amide bonds. The average molecular weight is 168 g/mol. The van der Waals surface area contributed by atoms with E-state index in [9.17, 15) is 0 Å². The third kappa shape index (κ3) is 1.27. The summed E-state index contributed by atoms with van der Waals surface area (Å²) in [6, 6.07) is 0. The van der Waals surface area contributed by atoms with E-state index < -0.39 is 0 Å². The summed E-state index contributed by atoms with van der Waals surface area (Å²) in [5, 5.41) is 3.35. The van der Waals surface area contributed by atoms with Gasteiger partial charge in [-0.15, -0.1) is 0 Å². The van der Waals surface area contributed by atoms with Crippen molar-refractivity contribution in [1.82, 2.24) is 10.2 Å². The number of rotatable bonds is 3. The molecule has 1 N–H and O–H groups in total. The molecular formula is C10H20N2. The molecule has 2 nitrogen and oxygen atoms in total. The molecule has 0 radical (unpaired) electrons. The minimum Gasteiger partial charge on any atom is -0.318 e. The molecule has 0 bridgehead atoms. The van der Waals surface area contributed by atoms with Gasteiger partial charge in [0, 0.05) is 12.1 Å². The van der Waals surface area contributed by atoms with Crippen LogP contribution in [0.25, 0.3) is 0 Å². The van der Waals surface area contributed by atoms with Crippen molar-refractivity contribution in [2.75, 3.05) is 26.7 Å². The van der Waals surface area contributed by atoms with Gasteiger partial charge in [-0.25, -0.2) is 0 Å². The number of hydrogen-bond acceptors (Lipinski definition) is 2. The fourth-order valence-corrected chi connectivity index (χ4v) is 2.71. The third-order valence-corrected chi connectivity index (χ3v) is 3.57. The second-order valence-corrected chi connectivity index (χ2v) is 4.30. The first-order chi connectivity index (χ1) is 5.87. The lowest BCUT2D eigenvalue weighted by atomic mass is 9.75. The van der Waals surface area contributed by atoms with E-state index in [1.54, 1.807) is 0 Å². The van der Waals surface area contributed by atoms with Crippen LogP contribution < -0.4 is 5.32 Å². The predicted octanol–water partition coefficient (Wildman–Crippen LogP) is 1.22. The van der Waals surface area contributed by atoms with Crippen molar-refractivity contribution in [2.45, 2.75) is 37.6 Å². The van der Waals surface area contributed by atoms with Crippen molar-refractivity contribution in [3.63, 3.8) is 0 Å². The summed E-state index contributed by atoms with van der Waals surface area (Å²) in [4.78, 5) is 2.72. The normalized spacial score (nSPS) is 28.8. The Hall–Kier alpha value is -0.0800. The van der Waals surface area contributed by atoms with Crippen LogP contribution in [0.2, 0.25) is 0 Å². The number of likely N-dealkylation sites (N-methyl/N-ethyl adjacent to an activating group) is 1. The summed E-state index contributed by atoms with van der Waals surface area (Å²) in [7, 11) is 2.08. The van der Waals surface area contributed by atoms with Crippen LogP contribution >= 0.6 is 0 Å². The number of nitrogens with zero attached hydrogens (tertiary/aromatic N) is 1. The molecule has 1 saturated heterocycles. The Balaban J connectivity index is 1.95. The monoisotopic (exact) mass is 168 g/mol. The molecule has 2 aliphatic rings. The highest BCUT2D eigenvalue weighted by atomic mass is 15.2. The van der Waals surface area contributed by atoms with Gasteiger partial charge in [0.25, 0.3) is 0 Å². The van der Waals surface area contributed by atoms with Crippen molar-refractivity contribution < 1.29 is 0 Å². The highest BCUT2D eigenvalue weighted by molar-refractivity contribution is 5.00. The first kappa shape index (κ1) is 8.52. The van der Waals surface area contributed by atoms with Crippen LogP contribution in [0, 0.1) is 0 Å². The van der Waals surface area contributed by atoms with E-state index in [-0.39, 0.29) is 0 Å². The largest absolute Gasteiger partial charge is 0.318 e. The maximum Gasteiger partial charge on any atom is 0.0333 e. The van der Waals surface area contributed by atoms with Gasteiger partial charge >= 0.3 is 0 Å². The van der Waals surface area contributed by atoms with Crippen molar-refractivity contribution >= 4 is 0 Å². The zero-order valence-corrected chi connectivity index (χ0v) is 8.10. The minimum atomic E-state index is 0.575. The first-order valence-corrected chi connectivity index (χ1v) is 5.27. The van der Waals surface area contributed by atoms with E-state index in [1.165, 1.54) is 51.7 Å². The van der Waals surface area contributed by atoms with E-state index in [2.05, 4.69) is 17.3 Å². The molecule has 0 spiro atoms. The maximum atomic E-state index is 3.35. The smallest absolute Gasteiger partial charge is 0.0333 e. The molecule has 1 heterocycles. The van der Waals surface area contributed by atoms with Crippen LogP contribution in [0.5, 0.6) is 0 Å². The van der Waals surface area contributed by atoms with Gasteiger partial charge in [0.15, 0.2) is 0 Å². The molecule has 2 fully saturated rings. The molecule has 0 unspecified atom stereocenters. The number of likely N-dealkylation sites (tertiary alicyclic amines) is 1. The van der Waals surface area contributed by atoms with Crippen LogP contribution in [0.15, 0.2) is 0 Å². The fraction of sp³-hybridized carbons (Fsp3) is 1.00. The lowest BCUT2D eigenvalue weighted by Gasteiger charge is -2.49. The highest BCUT2D eigenvalue weighted by Gasteiger charge is 2.42. The van der Waals surface area contributed by atoms with Gasteiger partial charge in [0.2, 0.25) is 0 Å². The summed E-state index contributed by atoms with van der Waals surface area (Å²) in [5.74, 6) is 0. The Morgan fingerprint density at radius 3 is 2.25 bits per heavy atom. The zero-order valence-electron chi connectivity index (χ0n) is 8.10. The molecule has 1 aliphatic heterocycles. The van der Waals surface area contributed by atoms with Crippen molar-refractivity contribution in [3.05, 3.63) is 0 Å². The highest BCUT2D eigenvalue weighted by Crippen LogP contribution is 2.38. The molecule has 2 heteroatoms. The number of nitrogens with one attached hydrogen (secondary N) is 1. The number of hydrogen-bond donors (Lipinski definition) is 1. The molecular weight excluding hydrogens is 148 g/mol. The maximum absolute atomic E-state index is 3.35. The van der Waals surface area contributed by atoms with E-state index in [1.807, 2.05) is 0 Å². The van der Waals surface area contributed by atoms with E-state index in [4.69, 9.17) is 0 Å². The van der Waals surface area contributed by atoms with E-state index in [0.29, 0.717) is 5.54 Å². The summed E-state index contributed by atoms with van der Waals surface area (Å²) in [6.45, 7) is 3.90. The molecule has 12 heavy (non-hydrogen) atoms. The Morgan fingerprint density at radius 2 is 1.83 bits per heavy atom. The van der Waals surface area contributed by atoms with Crippen LogP contribution in [-0.4, -0.2) is 37.1 Å². The zero-order chi connectivity index (χ0) is 8.44. The van der Waals surface area contributed by atoms with Gasteiger partial charge < -0.3 is 5.32 Å². The van der Waals surface area contributed by atoms with Gasteiger partial charge in [-0.05, 0) is 52.2 Å². The van der Waals surface area contributed by atoms with Crippen molar-refractivity contribution in [2.24, 2.45) is 0 Å². The Bertz CT molecular complexity index is 146. The summed E-state index contributed by atoms with van der Waals surface area (Å²) >= 11 is 0. The second kappa shape index (κ2) is 3.35. The van der Waals surface area contributed by atoms with Crippen LogP contribution in [-0.2, 0) is 0 Å². The molecule has 1 aliphatic carbocycles. The summed E-state index contributed by atoms with van der Waals surface area (Å²) in [5.41, 5.74) is 0.575. The topological polar surface area (TPSA) is 15.3 Å². The van der Waals surface area contributed by atoms with Gasteiger partial charge in [-0.2, -0.15) is 0 Å². The van der Waals surface area contributed by atoms with Gasteiger partial charge in [0.1, 0.15) is 0 Å². The Kier molecular flexibility index (Phi) is 2.37. The molecule has 2 rings (SSSR count). The average Bonchev–Trinajstić information content (AvgIpc) is 2.48. The second-order valence-electron chi connectivity index (χ2n) is 4.30. The van der Waals surface area contributed by atoms with Crippen LogP contribution in [0.4, 0.5) is 0 Å². The molecule has 0 aromatic rings. The Labute approximate surface area is 75.3 Å². The summed E-state index contributed by atoms with van der Waals surface area (Å²) in [6.07, 6.45) is 7.14. The Morgan fingerprint density at radius 1 is 1.17 bits per heavy atom. The standard InChI is InChI=1S/C10H20N2/c1-11-9-10(5-4-6-10)12-7-2-3-8-12/h11H,2-9H2,1H3. The van der Waals surface area contributed by atoms with E-state index >= 15 is 0 Å². The molecule has 0 aromatic heterocycles. The molecule has 0 atom stereocenters. The summed E-state index contributed by atoms with van der Waals surface area (Å²) < 4.78 is 0. The predicted molar refractivity (Wildman–Crippen MR) is 51.3 cm³/mol.